The molecule has 1 amide bonds. The van der Waals surface area contributed by atoms with Gasteiger partial charge >= 0.3 is 6.18 Å². The lowest BCUT2D eigenvalue weighted by Gasteiger charge is -2.34. The average Bonchev–Trinajstić information content (AvgIpc) is 3.55. The molecule has 2 aromatic carbocycles. The molecule has 0 radical (unpaired) electrons. The van der Waals surface area contributed by atoms with E-state index in [1.165, 1.54) is 12.1 Å². The standard InChI is InChI=1S/C23H22F3N3O/c24-23(25,26)21-4-2-1-3-18(21)19-13-20(19)22(30)28-16-9-11-29(12-10-16)17-7-5-15(14-27)6-8-17/h1-8,16,19-20H,9-13H2,(H,28,30). The second-order valence-electron chi connectivity index (χ2n) is 7.96. The van der Waals surface area contributed by atoms with Gasteiger partial charge in [0.1, 0.15) is 0 Å². The lowest BCUT2D eigenvalue weighted by molar-refractivity contribution is -0.138. The van der Waals surface area contributed by atoms with Crippen molar-refractivity contribution >= 4 is 11.6 Å². The predicted octanol–water partition coefficient (Wildman–Crippen LogP) is 4.47. The molecule has 1 aliphatic heterocycles. The number of anilines is 1. The molecule has 2 aliphatic rings. The van der Waals surface area contributed by atoms with Gasteiger partial charge in [-0.1, -0.05) is 18.2 Å². The van der Waals surface area contributed by atoms with Gasteiger partial charge in [0.05, 0.1) is 17.2 Å². The van der Waals surface area contributed by atoms with E-state index in [0.717, 1.165) is 37.7 Å². The van der Waals surface area contributed by atoms with Crippen molar-refractivity contribution in [3.63, 3.8) is 0 Å². The van der Waals surface area contributed by atoms with E-state index in [9.17, 15) is 18.0 Å². The number of hydrogen-bond acceptors (Lipinski definition) is 3. The van der Waals surface area contributed by atoms with Gasteiger partial charge in [-0.3, -0.25) is 4.79 Å². The molecule has 0 aromatic heterocycles. The van der Waals surface area contributed by atoms with Crippen LogP contribution >= 0.6 is 0 Å². The van der Waals surface area contributed by atoms with Crippen molar-refractivity contribution in [2.24, 2.45) is 5.92 Å². The molecule has 1 saturated heterocycles. The van der Waals surface area contributed by atoms with Crippen LogP contribution in [0.15, 0.2) is 48.5 Å². The highest BCUT2D eigenvalue weighted by Gasteiger charge is 2.48. The number of nitrogens with zero attached hydrogens (tertiary/aromatic N) is 2. The number of carbonyl (C=O) groups excluding carboxylic acids is 1. The first kappa shape index (κ1) is 20.3. The lowest BCUT2D eigenvalue weighted by Crippen LogP contribution is -2.45. The Morgan fingerprint density at radius 3 is 2.37 bits per heavy atom. The molecule has 1 N–H and O–H groups in total. The van der Waals surface area contributed by atoms with Crippen LogP contribution in [0.25, 0.3) is 0 Å². The topological polar surface area (TPSA) is 56.1 Å². The summed E-state index contributed by atoms with van der Waals surface area (Å²) in [6, 6.07) is 15.1. The van der Waals surface area contributed by atoms with E-state index in [1.54, 1.807) is 18.2 Å². The van der Waals surface area contributed by atoms with E-state index >= 15 is 0 Å². The molecular weight excluding hydrogens is 391 g/mol. The van der Waals surface area contributed by atoms with Gasteiger partial charge in [0.2, 0.25) is 5.91 Å². The Morgan fingerprint density at radius 2 is 1.73 bits per heavy atom. The fourth-order valence-electron chi connectivity index (χ4n) is 4.24. The summed E-state index contributed by atoms with van der Waals surface area (Å²) in [6.07, 6.45) is -2.38. The molecule has 7 heteroatoms. The van der Waals surface area contributed by atoms with Crippen molar-refractivity contribution in [2.75, 3.05) is 18.0 Å². The Bertz CT molecular complexity index is 957. The lowest BCUT2D eigenvalue weighted by atomic mass is 10.0. The predicted molar refractivity (Wildman–Crippen MR) is 107 cm³/mol. The number of nitrogens with one attached hydrogen (secondary N) is 1. The minimum Gasteiger partial charge on any atom is -0.371 e. The van der Waals surface area contributed by atoms with Crippen LogP contribution < -0.4 is 10.2 Å². The maximum Gasteiger partial charge on any atom is 0.416 e. The van der Waals surface area contributed by atoms with Gasteiger partial charge < -0.3 is 10.2 Å². The van der Waals surface area contributed by atoms with Gasteiger partial charge in [0.25, 0.3) is 0 Å². The van der Waals surface area contributed by atoms with Crippen molar-refractivity contribution in [1.82, 2.24) is 5.32 Å². The number of benzene rings is 2. The summed E-state index contributed by atoms with van der Waals surface area (Å²) in [5, 5.41) is 11.9. The molecule has 1 saturated carbocycles. The first-order chi connectivity index (χ1) is 14.4. The summed E-state index contributed by atoms with van der Waals surface area (Å²) in [5.41, 5.74) is 1.25. The third kappa shape index (κ3) is 4.28. The number of rotatable bonds is 4. The van der Waals surface area contributed by atoms with Gasteiger partial charge in [0, 0.05) is 30.7 Å². The first-order valence-corrected chi connectivity index (χ1v) is 10.1. The zero-order valence-electron chi connectivity index (χ0n) is 16.3. The number of halogens is 3. The summed E-state index contributed by atoms with van der Waals surface area (Å²) in [4.78, 5) is 14.8. The van der Waals surface area contributed by atoms with E-state index in [2.05, 4.69) is 16.3 Å². The molecule has 1 aliphatic carbocycles. The molecule has 4 nitrogen and oxygen atoms in total. The maximum atomic E-state index is 13.2. The number of hydrogen-bond donors (Lipinski definition) is 1. The average molecular weight is 413 g/mol. The fraction of sp³-hybridized carbons (Fsp3) is 0.391. The van der Waals surface area contributed by atoms with E-state index < -0.39 is 11.7 Å². The molecule has 2 aromatic rings. The van der Waals surface area contributed by atoms with E-state index in [-0.39, 0.29) is 29.3 Å². The van der Waals surface area contributed by atoms with Gasteiger partial charge in [-0.25, -0.2) is 0 Å². The zero-order valence-corrected chi connectivity index (χ0v) is 16.3. The quantitative estimate of drug-likeness (QED) is 0.805. The van der Waals surface area contributed by atoms with Crippen LogP contribution in [0.2, 0.25) is 0 Å². The van der Waals surface area contributed by atoms with Crippen LogP contribution in [0.4, 0.5) is 18.9 Å². The van der Waals surface area contributed by atoms with Crippen LogP contribution in [-0.2, 0) is 11.0 Å². The number of nitriles is 1. The van der Waals surface area contributed by atoms with Crippen molar-refractivity contribution in [3.8, 4) is 6.07 Å². The van der Waals surface area contributed by atoms with Gasteiger partial charge in [-0.15, -0.1) is 0 Å². The smallest absolute Gasteiger partial charge is 0.371 e. The molecule has 1 heterocycles. The highest BCUT2D eigenvalue weighted by atomic mass is 19.4. The van der Waals surface area contributed by atoms with Crippen molar-refractivity contribution in [1.29, 1.82) is 5.26 Å². The second-order valence-corrected chi connectivity index (χ2v) is 7.96. The third-order valence-corrected chi connectivity index (χ3v) is 6.00. The molecule has 156 valence electrons. The molecule has 2 fully saturated rings. The van der Waals surface area contributed by atoms with Crippen molar-refractivity contribution in [3.05, 3.63) is 65.2 Å². The Balaban J connectivity index is 1.31. The van der Waals surface area contributed by atoms with E-state index in [1.807, 2.05) is 12.1 Å². The van der Waals surface area contributed by atoms with Gasteiger partial charge in [-0.2, -0.15) is 18.4 Å². The summed E-state index contributed by atoms with van der Waals surface area (Å²) < 4.78 is 39.7. The molecule has 2 unspecified atom stereocenters. The zero-order chi connectivity index (χ0) is 21.3. The fourth-order valence-corrected chi connectivity index (χ4v) is 4.24. The Kier molecular flexibility index (Phi) is 5.42. The maximum absolute atomic E-state index is 13.2. The molecule has 0 spiro atoms. The largest absolute Gasteiger partial charge is 0.416 e. The highest BCUT2D eigenvalue weighted by molar-refractivity contribution is 5.83. The van der Waals surface area contributed by atoms with Crippen molar-refractivity contribution < 1.29 is 18.0 Å². The van der Waals surface area contributed by atoms with Crippen LogP contribution in [0.1, 0.15) is 41.9 Å². The Hall–Kier alpha value is -3.01. The second kappa shape index (κ2) is 8.02. The summed E-state index contributed by atoms with van der Waals surface area (Å²) >= 11 is 0. The molecule has 2 atom stereocenters. The molecule has 30 heavy (non-hydrogen) atoms. The molecule has 4 rings (SSSR count). The van der Waals surface area contributed by atoms with Crippen LogP contribution in [0.5, 0.6) is 0 Å². The van der Waals surface area contributed by atoms with Crippen LogP contribution in [0, 0.1) is 17.2 Å². The van der Waals surface area contributed by atoms with E-state index in [4.69, 9.17) is 5.26 Å². The number of piperidine rings is 1. The van der Waals surface area contributed by atoms with Gasteiger partial charge in [0.15, 0.2) is 0 Å². The number of alkyl halides is 3. The highest BCUT2D eigenvalue weighted by Crippen LogP contribution is 2.51. The summed E-state index contributed by atoms with van der Waals surface area (Å²) in [7, 11) is 0. The monoisotopic (exact) mass is 413 g/mol. The SMILES string of the molecule is N#Cc1ccc(N2CCC(NC(=O)C3CC3c3ccccc3C(F)(F)F)CC2)cc1. The number of amides is 1. The summed E-state index contributed by atoms with van der Waals surface area (Å²) in [5.74, 6) is -0.889. The summed E-state index contributed by atoms with van der Waals surface area (Å²) in [6.45, 7) is 1.56. The third-order valence-electron chi connectivity index (χ3n) is 6.00. The Labute approximate surface area is 173 Å². The minimum atomic E-state index is -4.40. The normalized spacial score (nSPS) is 21.7. The van der Waals surface area contributed by atoms with Crippen LogP contribution in [-0.4, -0.2) is 25.0 Å². The number of carbonyl (C=O) groups is 1. The molecular formula is C23H22F3N3O. The van der Waals surface area contributed by atoms with E-state index in [0.29, 0.717) is 12.0 Å². The van der Waals surface area contributed by atoms with Crippen LogP contribution in [0.3, 0.4) is 0 Å². The minimum absolute atomic E-state index is 0.0336. The van der Waals surface area contributed by atoms with Gasteiger partial charge in [-0.05, 0) is 61.1 Å². The van der Waals surface area contributed by atoms with Crippen molar-refractivity contribution in [2.45, 2.75) is 37.4 Å². The Morgan fingerprint density at radius 1 is 1.07 bits per heavy atom. The molecule has 0 bridgehead atoms. The first-order valence-electron chi connectivity index (χ1n) is 10.1.